The van der Waals surface area contributed by atoms with Gasteiger partial charge < -0.3 is 5.32 Å². The lowest BCUT2D eigenvalue weighted by atomic mass is 10.0. The molecule has 92 valence electrons. The van der Waals surface area contributed by atoms with Crippen LogP contribution >= 0.6 is 11.6 Å². The minimum absolute atomic E-state index is 0.710. The van der Waals surface area contributed by atoms with Gasteiger partial charge in [-0.2, -0.15) is 0 Å². The van der Waals surface area contributed by atoms with Gasteiger partial charge in [0, 0.05) is 17.6 Å². The summed E-state index contributed by atoms with van der Waals surface area (Å²) in [6.45, 7) is 0.865. The SMILES string of the molecule is Clc1ccc(-c2ccccc2)cc1CNC1CC1. The molecule has 2 aromatic carbocycles. The Hall–Kier alpha value is -1.31. The van der Waals surface area contributed by atoms with Gasteiger partial charge in [-0.05, 0) is 41.7 Å². The van der Waals surface area contributed by atoms with E-state index in [1.54, 1.807) is 0 Å². The molecule has 1 fully saturated rings. The number of halogens is 1. The van der Waals surface area contributed by atoms with Crippen molar-refractivity contribution in [1.29, 1.82) is 0 Å². The topological polar surface area (TPSA) is 12.0 Å². The highest BCUT2D eigenvalue weighted by molar-refractivity contribution is 6.31. The summed E-state index contributed by atoms with van der Waals surface area (Å²) in [7, 11) is 0. The van der Waals surface area contributed by atoms with Crippen molar-refractivity contribution in [2.75, 3.05) is 0 Å². The molecule has 0 aromatic heterocycles. The van der Waals surface area contributed by atoms with Gasteiger partial charge in [-0.3, -0.25) is 0 Å². The first kappa shape index (κ1) is 11.8. The Kier molecular flexibility index (Phi) is 3.35. The monoisotopic (exact) mass is 257 g/mol. The fourth-order valence-corrected chi connectivity index (χ4v) is 2.25. The molecular formula is C16H16ClN. The highest BCUT2D eigenvalue weighted by Gasteiger charge is 2.20. The maximum absolute atomic E-state index is 6.25. The molecule has 1 nitrogen and oxygen atoms in total. The number of hydrogen-bond donors (Lipinski definition) is 1. The summed E-state index contributed by atoms with van der Waals surface area (Å²) >= 11 is 6.25. The van der Waals surface area contributed by atoms with Crippen LogP contribution in [0.2, 0.25) is 5.02 Å². The van der Waals surface area contributed by atoms with Crippen molar-refractivity contribution < 1.29 is 0 Å². The highest BCUT2D eigenvalue weighted by atomic mass is 35.5. The molecule has 0 saturated heterocycles. The van der Waals surface area contributed by atoms with E-state index in [-0.39, 0.29) is 0 Å². The van der Waals surface area contributed by atoms with E-state index in [4.69, 9.17) is 11.6 Å². The Morgan fingerprint density at radius 3 is 2.50 bits per heavy atom. The van der Waals surface area contributed by atoms with Gasteiger partial charge >= 0.3 is 0 Å². The quantitative estimate of drug-likeness (QED) is 0.863. The molecule has 2 aromatic rings. The van der Waals surface area contributed by atoms with Crippen molar-refractivity contribution in [2.24, 2.45) is 0 Å². The summed E-state index contributed by atoms with van der Waals surface area (Å²) in [6.07, 6.45) is 2.60. The van der Waals surface area contributed by atoms with Crippen LogP contribution in [0.1, 0.15) is 18.4 Å². The van der Waals surface area contributed by atoms with E-state index < -0.39 is 0 Å². The van der Waals surface area contributed by atoms with Gasteiger partial charge in [0.2, 0.25) is 0 Å². The Balaban J connectivity index is 1.84. The standard InChI is InChI=1S/C16H16ClN/c17-16-9-6-13(12-4-2-1-3-5-12)10-14(16)11-18-15-7-8-15/h1-6,9-10,15,18H,7-8,11H2. The van der Waals surface area contributed by atoms with Crippen molar-refractivity contribution in [3.63, 3.8) is 0 Å². The zero-order valence-electron chi connectivity index (χ0n) is 10.2. The molecule has 0 atom stereocenters. The lowest BCUT2D eigenvalue weighted by Crippen LogP contribution is -2.15. The normalized spacial score (nSPS) is 14.7. The van der Waals surface area contributed by atoms with E-state index in [1.165, 1.54) is 29.5 Å². The summed E-state index contributed by atoms with van der Waals surface area (Å²) < 4.78 is 0. The van der Waals surface area contributed by atoms with E-state index in [9.17, 15) is 0 Å². The van der Waals surface area contributed by atoms with Gasteiger partial charge in [-0.15, -0.1) is 0 Å². The zero-order chi connectivity index (χ0) is 12.4. The van der Waals surface area contributed by atoms with Crippen molar-refractivity contribution in [3.05, 3.63) is 59.1 Å². The van der Waals surface area contributed by atoms with E-state index in [0.29, 0.717) is 6.04 Å². The third-order valence-electron chi connectivity index (χ3n) is 3.31. The van der Waals surface area contributed by atoms with Crippen LogP contribution in [0.15, 0.2) is 48.5 Å². The summed E-state index contributed by atoms with van der Waals surface area (Å²) in [6, 6.07) is 17.4. The van der Waals surface area contributed by atoms with Crippen LogP contribution in [0.3, 0.4) is 0 Å². The molecule has 2 heteroatoms. The number of nitrogens with one attached hydrogen (secondary N) is 1. The van der Waals surface area contributed by atoms with Crippen LogP contribution in [0, 0.1) is 0 Å². The molecule has 0 spiro atoms. The second kappa shape index (κ2) is 5.13. The maximum Gasteiger partial charge on any atom is 0.0451 e. The third-order valence-corrected chi connectivity index (χ3v) is 3.68. The first-order valence-electron chi connectivity index (χ1n) is 6.40. The van der Waals surface area contributed by atoms with Crippen LogP contribution in [-0.2, 0) is 6.54 Å². The Morgan fingerprint density at radius 2 is 1.78 bits per heavy atom. The van der Waals surface area contributed by atoms with Crippen molar-refractivity contribution in [3.8, 4) is 11.1 Å². The number of rotatable bonds is 4. The first-order valence-corrected chi connectivity index (χ1v) is 6.78. The molecule has 1 aliphatic rings. The van der Waals surface area contributed by atoms with Crippen LogP contribution in [0.25, 0.3) is 11.1 Å². The van der Waals surface area contributed by atoms with Crippen LogP contribution in [0.5, 0.6) is 0 Å². The van der Waals surface area contributed by atoms with E-state index in [0.717, 1.165) is 11.6 Å². The van der Waals surface area contributed by atoms with Crippen LogP contribution < -0.4 is 5.32 Å². The van der Waals surface area contributed by atoms with E-state index >= 15 is 0 Å². The van der Waals surface area contributed by atoms with Crippen LogP contribution in [0.4, 0.5) is 0 Å². The molecule has 0 heterocycles. The van der Waals surface area contributed by atoms with Gasteiger partial charge in [-0.1, -0.05) is 48.0 Å². The summed E-state index contributed by atoms with van der Waals surface area (Å²) in [5.74, 6) is 0. The van der Waals surface area contributed by atoms with Crippen molar-refractivity contribution in [1.82, 2.24) is 5.32 Å². The zero-order valence-corrected chi connectivity index (χ0v) is 11.0. The number of benzene rings is 2. The third kappa shape index (κ3) is 2.74. The summed E-state index contributed by atoms with van der Waals surface area (Å²) in [5.41, 5.74) is 3.65. The van der Waals surface area contributed by atoms with Gasteiger partial charge in [0.15, 0.2) is 0 Å². The second-order valence-electron chi connectivity index (χ2n) is 4.83. The van der Waals surface area contributed by atoms with Gasteiger partial charge in [-0.25, -0.2) is 0 Å². The highest BCUT2D eigenvalue weighted by Crippen LogP contribution is 2.26. The van der Waals surface area contributed by atoms with E-state index in [1.807, 2.05) is 12.1 Å². The van der Waals surface area contributed by atoms with Crippen molar-refractivity contribution >= 4 is 11.6 Å². The van der Waals surface area contributed by atoms with Gasteiger partial charge in [0.1, 0.15) is 0 Å². The molecule has 1 aliphatic carbocycles. The average Bonchev–Trinajstić information content (AvgIpc) is 3.23. The van der Waals surface area contributed by atoms with Gasteiger partial charge in [0.05, 0.1) is 0 Å². The van der Waals surface area contributed by atoms with E-state index in [2.05, 4.69) is 41.7 Å². The predicted octanol–water partition coefficient (Wildman–Crippen LogP) is 4.26. The lowest BCUT2D eigenvalue weighted by Gasteiger charge is -2.09. The van der Waals surface area contributed by atoms with Gasteiger partial charge in [0.25, 0.3) is 0 Å². The molecule has 3 rings (SSSR count). The number of hydrogen-bond acceptors (Lipinski definition) is 1. The largest absolute Gasteiger partial charge is 0.310 e. The van der Waals surface area contributed by atoms with Crippen molar-refractivity contribution in [2.45, 2.75) is 25.4 Å². The Morgan fingerprint density at radius 1 is 1.00 bits per heavy atom. The first-order chi connectivity index (χ1) is 8.83. The Labute approximate surface area is 113 Å². The molecule has 0 bridgehead atoms. The fraction of sp³-hybridized carbons (Fsp3) is 0.250. The molecule has 0 aliphatic heterocycles. The summed E-state index contributed by atoms with van der Waals surface area (Å²) in [4.78, 5) is 0. The smallest absolute Gasteiger partial charge is 0.0451 e. The fourth-order valence-electron chi connectivity index (χ4n) is 2.06. The van der Waals surface area contributed by atoms with Crippen LogP contribution in [-0.4, -0.2) is 6.04 Å². The minimum Gasteiger partial charge on any atom is -0.310 e. The molecular weight excluding hydrogens is 242 g/mol. The lowest BCUT2D eigenvalue weighted by molar-refractivity contribution is 0.688. The molecule has 0 unspecified atom stereocenters. The molecule has 18 heavy (non-hydrogen) atoms. The summed E-state index contributed by atoms with van der Waals surface area (Å²) in [5, 5.41) is 4.36. The Bertz CT molecular complexity index is 532. The maximum atomic E-state index is 6.25. The molecule has 0 amide bonds. The second-order valence-corrected chi connectivity index (χ2v) is 5.23. The predicted molar refractivity (Wildman–Crippen MR) is 76.7 cm³/mol. The average molecular weight is 258 g/mol. The molecule has 0 radical (unpaired) electrons. The molecule has 1 saturated carbocycles. The molecule has 1 N–H and O–H groups in total. The minimum atomic E-state index is 0.710.